The Kier molecular flexibility index (Phi) is 5.38. The van der Waals surface area contributed by atoms with E-state index >= 15 is 0 Å². The zero-order valence-electron chi connectivity index (χ0n) is 14.6. The first-order chi connectivity index (χ1) is 12.5. The largest absolute Gasteiger partial charge is 0.337 e. The molecule has 2 aromatic heterocycles. The molecule has 1 fully saturated rings. The molecule has 1 unspecified atom stereocenters. The number of imidazole rings is 1. The van der Waals surface area contributed by atoms with Crippen molar-refractivity contribution < 1.29 is 8.42 Å². The third kappa shape index (κ3) is 3.51. The van der Waals surface area contributed by atoms with E-state index < -0.39 is 10.0 Å². The number of pyridine rings is 1. The molecule has 1 aliphatic rings. The number of nitrogens with one attached hydrogen (secondary N) is 2. The van der Waals surface area contributed by atoms with E-state index in [4.69, 9.17) is 0 Å². The number of aromatic nitrogens is 3. The third-order valence-electron chi connectivity index (χ3n) is 4.65. The maximum Gasteiger partial charge on any atom is 0.248 e. The number of aryl methyl sites for hydroxylation is 1. The molecule has 10 heteroatoms. The van der Waals surface area contributed by atoms with Crippen LogP contribution in [-0.2, 0) is 17.1 Å². The zero-order chi connectivity index (χ0) is 18.3. The van der Waals surface area contributed by atoms with Gasteiger partial charge in [-0.25, -0.2) is 13.4 Å². The van der Waals surface area contributed by atoms with Gasteiger partial charge in [0.05, 0.1) is 10.9 Å². The molecule has 0 radical (unpaired) electrons. The number of halogens is 1. The summed E-state index contributed by atoms with van der Waals surface area (Å²) in [6, 6.07) is 7.40. The summed E-state index contributed by atoms with van der Waals surface area (Å²) in [5.41, 5.74) is 0.391. The molecule has 4 rings (SSSR count). The Labute approximate surface area is 162 Å². The summed E-state index contributed by atoms with van der Waals surface area (Å²) in [5.74, 6) is 0.700. The van der Waals surface area contributed by atoms with Crippen molar-refractivity contribution in [1.82, 2.24) is 24.2 Å². The number of H-pyrrole nitrogens is 1. The summed E-state index contributed by atoms with van der Waals surface area (Å²) in [4.78, 5) is 18.7. The number of piperazine rings is 1. The minimum Gasteiger partial charge on any atom is -0.337 e. The maximum atomic E-state index is 13.3. The fourth-order valence-corrected chi connectivity index (χ4v) is 4.94. The Hall–Kier alpha value is -2.20. The fraction of sp³-hybridized carbons (Fsp3) is 0.294. The van der Waals surface area contributed by atoms with Gasteiger partial charge in [0.1, 0.15) is 5.82 Å². The van der Waals surface area contributed by atoms with E-state index in [0.717, 1.165) is 0 Å². The van der Waals surface area contributed by atoms with Gasteiger partial charge in [-0.05, 0) is 29.7 Å². The predicted molar refractivity (Wildman–Crippen MR) is 105 cm³/mol. The maximum absolute atomic E-state index is 13.3. The Morgan fingerprint density at radius 2 is 2.04 bits per heavy atom. The van der Waals surface area contributed by atoms with Crippen molar-refractivity contribution in [2.75, 3.05) is 19.6 Å². The van der Waals surface area contributed by atoms with E-state index in [-0.39, 0.29) is 28.9 Å². The van der Waals surface area contributed by atoms with Crippen molar-refractivity contribution in [2.24, 2.45) is 7.05 Å². The van der Waals surface area contributed by atoms with Crippen LogP contribution in [-0.4, -0.2) is 46.9 Å². The number of benzene rings is 1. The molecule has 2 N–H and O–H groups in total. The molecule has 8 nitrogen and oxygen atoms in total. The van der Waals surface area contributed by atoms with Gasteiger partial charge in [0.2, 0.25) is 15.6 Å². The smallest absolute Gasteiger partial charge is 0.248 e. The van der Waals surface area contributed by atoms with Gasteiger partial charge in [0.25, 0.3) is 0 Å². The minimum atomic E-state index is -3.71. The zero-order valence-corrected chi connectivity index (χ0v) is 16.3. The second-order valence-electron chi connectivity index (χ2n) is 6.30. The monoisotopic (exact) mass is 409 g/mol. The summed E-state index contributed by atoms with van der Waals surface area (Å²) >= 11 is 0. The van der Waals surface area contributed by atoms with Crippen molar-refractivity contribution in [1.29, 1.82) is 0 Å². The molecule has 1 atom stereocenters. The van der Waals surface area contributed by atoms with Crippen LogP contribution < -0.4 is 10.9 Å². The topological polar surface area (TPSA) is 100 Å². The predicted octanol–water partition coefficient (Wildman–Crippen LogP) is 1.02. The first kappa shape index (κ1) is 19.6. The molecule has 0 aliphatic carbocycles. The number of aromatic amines is 1. The van der Waals surface area contributed by atoms with Crippen LogP contribution in [0.3, 0.4) is 0 Å². The van der Waals surface area contributed by atoms with E-state index in [1.807, 2.05) is 11.6 Å². The number of rotatable bonds is 3. The quantitative estimate of drug-likeness (QED) is 0.672. The number of hydrogen-bond donors (Lipinski definition) is 2. The molecular formula is C17H20ClN5O3S. The fourth-order valence-electron chi connectivity index (χ4n) is 3.32. The van der Waals surface area contributed by atoms with E-state index in [1.54, 1.807) is 30.6 Å². The number of sulfonamides is 1. The lowest BCUT2D eigenvalue weighted by Gasteiger charge is -2.34. The third-order valence-corrected chi connectivity index (χ3v) is 6.56. The summed E-state index contributed by atoms with van der Waals surface area (Å²) < 4.78 is 29.9. The molecule has 144 valence electrons. The Balaban J connectivity index is 0.00000210. The highest BCUT2D eigenvalue weighted by atomic mass is 35.5. The summed E-state index contributed by atoms with van der Waals surface area (Å²) in [7, 11) is -1.85. The average molecular weight is 410 g/mol. The Bertz CT molecular complexity index is 1120. The van der Waals surface area contributed by atoms with Crippen molar-refractivity contribution in [3.63, 3.8) is 0 Å². The first-order valence-electron chi connectivity index (χ1n) is 8.30. The number of nitrogens with zero attached hydrogens (tertiary/aromatic N) is 3. The average Bonchev–Trinajstić information content (AvgIpc) is 3.07. The van der Waals surface area contributed by atoms with Gasteiger partial charge in [-0.3, -0.25) is 4.79 Å². The lowest BCUT2D eigenvalue weighted by molar-refractivity contribution is 0.258. The molecular weight excluding hydrogens is 390 g/mol. The van der Waals surface area contributed by atoms with E-state index in [1.165, 1.54) is 16.4 Å². The molecule has 3 aromatic rings. The van der Waals surface area contributed by atoms with Crippen LogP contribution in [0.4, 0.5) is 0 Å². The van der Waals surface area contributed by atoms with Crippen molar-refractivity contribution in [3.05, 3.63) is 58.9 Å². The standard InChI is InChI=1S/C17H19N5O3S.ClH/c1-21-8-7-19-17(21)15-11-18-6-9-22(15)26(24,25)13-3-4-14-12(10-13)2-5-16(23)20-14;/h2-5,7-8,10,15,18H,6,9,11H2,1H3,(H,20,23);1H. The van der Waals surface area contributed by atoms with Crippen LogP contribution in [0.2, 0.25) is 0 Å². The minimum absolute atomic E-state index is 0. The van der Waals surface area contributed by atoms with Gasteiger partial charge in [0.15, 0.2) is 0 Å². The van der Waals surface area contributed by atoms with Crippen molar-refractivity contribution in [3.8, 4) is 0 Å². The van der Waals surface area contributed by atoms with Crippen LogP contribution in [0.25, 0.3) is 10.9 Å². The number of hydrogen-bond acceptors (Lipinski definition) is 5. The molecule has 1 aromatic carbocycles. The van der Waals surface area contributed by atoms with Gasteiger partial charge in [-0.15, -0.1) is 12.4 Å². The molecule has 0 bridgehead atoms. The van der Waals surface area contributed by atoms with Gasteiger partial charge in [-0.2, -0.15) is 4.31 Å². The first-order valence-corrected chi connectivity index (χ1v) is 9.74. The molecule has 3 heterocycles. The Morgan fingerprint density at radius 3 is 2.78 bits per heavy atom. The van der Waals surface area contributed by atoms with Crippen molar-refractivity contribution >= 4 is 33.3 Å². The highest BCUT2D eigenvalue weighted by Crippen LogP contribution is 2.29. The summed E-state index contributed by atoms with van der Waals surface area (Å²) in [6.07, 6.45) is 3.47. The van der Waals surface area contributed by atoms with E-state index in [2.05, 4.69) is 15.3 Å². The summed E-state index contributed by atoms with van der Waals surface area (Å²) in [6.45, 7) is 1.45. The molecule has 1 aliphatic heterocycles. The highest BCUT2D eigenvalue weighted by Gasteiger charge is 2.36. The molecule has 0 amide bonds. The van der Waals surface area contributed by atoms with E-state index in [9.17, 15) is 13.2 Å². The van der Waals surface area contributed by atoms with Gasteiger partial charge in [0, 0.05) is 50.7 Å². The van der Waals surface area contributed by atoms with Crippen LogP contribution in [0, 0.1) is 0 Å². The number of fused-ring (bicyclic) bond motifs is 1. The molecule has 1 saturated heterocycles. The van der Waals surface area contributed by atoms with Crippen molar-refractivity contribution in [2.45, 2.75) is 10.9 Å². The normalized spacial score (nSPS) is 18.3. The lowest BCUT2D eigenvalue weighted by atomic mass is 10.2. The second-order valence-corrected chi connectivity index (χ2v) is 8.19. The van der Waals surface area contributed by atoms with Crippen LogP contribution in [0.5, 0.6) is 0 Å². The van der Waals surface area contributed by atoms with Gasteiger partial charge < -0.3 is 14.9 Å². The van der Waals surface area contributed by atoms with E-state index in [0.29, 0.717) is 36.4 Å². The summed E-state index contributed by atoms with van der Waals surface area (Å²) in [5, 5.41) is 3.92. The molecule has 0 spiro atoms. The highest BCUT2D eigenvalue weighted by molar-refractivity contribution is 7.89. The van der Waals surface area contributed by atoms with Crippen LogP contribution in [0.1, 0.15) is 11.9 Å². The molecule has 0 saturated carbocycles. The SMILES string of the molecule is Cl.Cn1ccnc1C1CNCCN1S(=O)(=O)c1ccc2[nH]c(=O)ccc2c1. The van der Waals surface area contributed by atoms with Gasteiger partial charge in [-0.1, -0.05) is 0 Å². The van der Waals surface area contributed by atoms with Crippen LogP contribution in [0.15, 0.2) is 52.4 Å². The second kappa shape index (κ2) is 7.43. The van der Waals surface area contributed by atoms with Crippen LogP contribution >= 0.6 is 12.4 Å². The molecule has 27 heavy (non-hydrogen) atoms. The lowest BCUT2D eigenvalue weighted by Crippen LogP contribution is -2.49. The van der Waals surface area contributed by atoms with Gasteiger partial charge >= 0.3 is 0 Å². The Morgan fingerprint density at radius 1 is 1.22 bits per heavy atom.